The predicted molar refractivity (Wildman–Crippen MR) is 116 cm³/mol. The van der Waals surface area contributed by atoms with E-state index in [-0.39, 0.29) is 0 Å². The van der Waals surface area contributed by atoms with Gasteiger partial charge in [0.05, 0.1) is 0 Å². The van der Waals surface area contributed by atoms with Crippen LogP contribution in [-0.4, -0.2) is 25.1 Å². The second kappa shape index (κ2) is 13.3. The van der Waals surface area contributed by atoms with Gasteiger partial charge in [0.1, 0.15) is 0 Å². The van der Waals surface area contributed by atoms with Crippen LogP contribution in [-0.2, 0) is 6.42 Å². The molecule has 4 rings (SSSR count). The first-order valence-corrected chi connectivity index (χ1v) is 11.4. The molecule has 2 aliphatic carbocycles. The molecule has 3 nitrogen and oxygen atoms in total. The van der Waals surface area contributed by atoms with Crippen LogP contribution >= 0.6 is 12.6 Å². The fourth-order valence-corrected chi connectivity index (χ4v) is 3.40. The highest BCUT2D eigenvalue weighted by atomic mass is 32.1. The molecule has 0 radical (unpaired) electrons. The number of nitrogens with one attached hydrogen (secondary N) is 1. The number of fused-ring (bicyclic) bond motifs is 1. The van der Waals surface area contributed by atoms with Crippen LogP contribution < -0.4 is 14.8 Å². The van der Waals surface area contributed by atoms with Crippen LogP contribution in [0, 0.1) is 5.92 Å². The lowest BCUT2D eigenvalue weighted by Crippen LogP contribution is -2.48. The van der Waals surface area contributed by atoms with Crippen molar-refractivity contribution < 1.29 is 9.47 Å². The largest absolute Gasteiger partial charge is 0.454 e. The third kappa shape index (κ3) is 6.38. The van der Waals surface area contributed by atoms with Crippen LogP contribution in [0.25, 0.3) is 0 Å². The summed E-state index contributed by atoms with van der Waals surface area (Å²) in [6, 6.07) is 7.83. The lowest BCUT2D eigenvalue weighted by Gasteiger charge is -2.39. The summed E-state index contributed by atoms with van der Waals surface area (Å²) in [6.07, 6.45) is 11.2. The maximum absolute atomic E-state index is 5.49. The topological polar surface area (TPSA) is 30.5 Å². The molecule has 0 saturated heterocycles. The van der Waals surface area contributed by atoms with Gasteiger partial charge in [-0.3, -0.25) is 0 Å². The van der Waals surface area contributed by atoms with Gasteiger partial charge in [0.2, 0.25) is 6.79 Å². The molecule has 3 aliphatic rings. The van der Waals surface area contributed by atoms with Crippen molar-refractivity contribution in [2.24, 2.45) is 5.92 Å². The van der Waals surface area contributed by atoms with Gasteiger partial charge >= 0.3 is 0 Å². The molecule has 0 amide bonds. The fraction of sp³-hybridized carbons (Fsp3) is 0.727. The standard InChI is InChI=1S/C17H23NO2.2C2H6.CH4S/c1-3-13(4-1)15(18-14-5-2-6-14)9-12-7-8-16-17(10-12)20-11-19-16;3*1-2/h7-8,10,13-15,18H,1-6,9,11H2;2*1-2H3;2H,1H3. The van der Waals surface area contributed by atoms with Crippen molar-refractivity contribution in [1.29, 1.82) is 0 Å². The minimum Gasteiger partial charge on any atom is -0.454 e. The summed E-state index contributed by atoms with van der Waals surface area (Å²) in [5.41, 5.74) is 1.37. The van der Waals surface area contributed by atoms with Gasteiger partial charge in [-0.2, -0.15) is 12.6 Å². The highest BCUT2D eigenvalue weighted by Gasteiger charge is 2.30. The Kier molecular flexibility index (Phi) is 11.9. The van der Waals surface area contributed by atoms with E-state index < -0.39 is 0 Å². The van der Waals surface area contributed by atoms with Gasteiger partial charge < -0.3 is 14.8 Å². The maximum atomic E-state index is 5.49. The molecule has 0 bridgehead atoms. The van der Waals surface area contributed by atoms with Crippen LogP contribution in [0.3, 0.4) is 0 Å². The van der Waals surface area contributed by atoms with Gasteiger partial charge in [-0.05, 0) is 62.0 Å². The first-order chi connectivity index (χ1) is 12.9. The Labute approximate surface area is 166 Å². The number of thiol groups is 1. The van der Waals surface area contributed by atoms with Gasteiger partial charge in [0.25, 0.3) is 0 Å². The average Bonchev–Trinajstić information content (AvgIpc) is 3.09. The fourth-order valence-electron chi connectivity index (χ4n) is 3.40. The molecule has 0 spiro atoms. The molecule has 1 N–H and O–H groups in total. The van der Waals surface area contributed by atoms with E-state index in [1.165, 1.54) is 44.1 Å². The van der Waals surface area contributed by atoms with E-state index in [4.69, 9.17) is 9.47 Å². The molecule has 0 aromatic heterocycles. The van der Waals surface area contributed by atoms with Crippen molar-refractivity contribution in [3.05, 3.63) is 23.8 Å². The average molecular weight is 382 g/mol. The van der Waals surface area contributed by atoms with Crippen molar-refractivity contribution in [1.82, 2.24) is 5.32 Å². The Hall–Kier alpha value is -0.870. The Morgan fingerprint density at radius 3 is 2.12 bits per heavy atom. The SMILES string of the molecule is CC.CC.CS.c1cc2c(cc1CC(NC1CCC1)C1CCC1)OCO2. The van der Waals surface area contributed by atoms with E-state index in [2.05, 4.69) is 36.1 Å². The Bertz CT molecular complexity index is 487. The van der Waals surface area contributed by atoms with E-state index >= 15 is 0 Å². The van der Waals surface area contributed by atoms with Crippen molar-refractivity contribution >= 4 is 12.6 Å². The van der Waals surface area contributed by atoms with E-state index in [9.17, 15) is 0 Å². The molecule has 2 saturated carbocycles. The summed E-state index contributed by atoms with van der Waals surface area (Å²) in [5.74, 6) is 2.68. The Morgan fingerprint density at radius 2 is 1.58 bits per heavy atom. The molecule has 1 heterocycles. The second-order valence-corrected chi connectivity index (χ2v) is 6.48. The van der Waals surface area contributed by atoms with Crippen molar-refractivity contribution in [3.8, 4) is 11.5 Å². The summed E-state index contributed by atoms with van der Waals surface area (Å²) < 4.78 is 10.9. The van der Waals surface area contributed by atoms with E-state index in [0.29, 0.717) is 12.8 Å². The summed E-state index contributed by atoms with van der Waals surface area (Å²) in [6.45, 7) is 8.37. The summed E-state index contributed by atoms with van der Waals surface area (Å²) in [5, 5.41) is 3.90. The van der Waals surface area contributed by atoms with Crippen molar-refractivity contribution in [2.45, 2.75) is 84.7 Å². The molecule has 1 aliphatic heterocycles. The maximum Gasteiger partial charge on any atom is 0.231 e. The second-order valence-electron chi connectivity index (χ2n) is 6.48. The smallest absolute Gasteiger partial charge is 0.231 e. The summed E-state index contributed by atoms with van der Waals surface area (Å²) >= 11 is 3.53. The molecule has 1 unspecified atom stereocenters. The third-order valence-electron chi connectivity index (χ3n) is 5.17. The molecule has 1 aromatic carbocycles. The quantitative estimate of drug-likeness (QED) is 0.626. The number of rotatable bonds is 5. The van der Waals surface area contributed by atoms with Crippen LogP contribution in [0.2, 0.25) is 0 Å². The zero-order valence-corrected chi connectivity index (χ0v) is 18.3. The van der Waals surface area contributed by atoms with Gasteiger partial charge in [0.15, 0.2) is 11.5 Å². The zero-order valence-electron chi connectivity index (χ0n) is 17.4. The number of hydrogen-bond acceptors (Lipinski definition) is 4. The minimum absolute atomic E-state index is 0.366. The molecule has 150 valence electrons. The Balaban J connectivity index is 0.000000515. The predicted octanol–water partition coefficient (Wildman–Crippen LogP) is 5.87. The molecule has 1 aromatic rings. The normalized spacial score (nSPS) is 18.5. The monoisotopic (exact) mass is 381 g/mol. The van der Waals surface area contributed by atoms with Gasteiger partial charge in [-0.25, -0.2) is 0 Å². The lowest BCUT2D eigenvalue weighted by atomic mass is 9.76. The highest BCUT2D eigenvalue weighted by molar-refractivity contribution is 7.79. The Morgan fingerprint density at radius 1 is 0.962 bits per heavy atom. The van der Waals surface area contributed by atoms with E-state index in [1.54, 1.807) is 6.26 Å². The van der Waals surface area contributed by atoms with Crippen LogP contribution in [0.1, 0.15) is 71.8 Å². The van der Waals surface area contributed by atoms with Crippen LogP contribution in [0.15, 0.2) is 18.2 Å². The molecule has 4 heteroatoms. The van der Waals surface area contributed by atoms with Crippen LogP contribution in [0.4, 0.5) is 0 Å². The first kappa shape index (κ1) is 23.2. The minimum atomic E-state index is 0.366. The van der Waals surface area contributed by atoms with Crippen molar-refractivity contribution in [3.63, 3.8) is 0 Å². The molecular weight excluding hydrogens is 342 g/mol. The van der Waals surface area contributed by atoms with Crippen molar-refractivity contribution in [2.75, 3.05) is 13.0 Å². The van der Waals surface area contributed by atoms with E-state index in [0.717, 1.165) is 29.9 Å². The summed E-state index contributed by atoms with van der Waals surface area (Å²) in [4.78, 5) is 0. The molecule has 2 fully saturated rings. The van der Waals surface area contributed by atoms with Gasteiger partial charge in [-0.1, -0.05) is 46.6 Å². The highest BCUT2D eigenvalue weighted by Crippen LogP contribution is 2.36. The third-order valence-corrected chi connectivity index (χ3v) is 5.17. The zero-order chi connectivity index (χ0) is 19.4. The molecule has 1 atom stereocenters. The lowest BCUT2D eigenvalue weighted by molar-refractivity contribution is 0.173. The molecular formula is C22H39NO2S. The van der Waals surface area contributed by atoms with E-state index in [1.807, 2.05) is 27.7 Å². The first-order valence-electron chi connectivity index (χ1n) is 10.5. The number of hydrogen-bond donors (Lipinski definition) is 2. The van der Waals surface area contributed by atoms with Crippen LogP contribution in [0.5, 0.6) is 11.5 Å². The summed E-state index contributed by atoms with van der Waals surface area (Å²) in [7, 11) is 0. The number of benzene rings is 1. The molecule has 26 heavy (non-hydrogen) atoms. The number of ether oxygens (including phenoxy) is 2. The van der Waals surface area contributed by atoms with Gasteiger partial charge in [-0.15, -0.1) is 0 Å². The van der Waals surface area contributed by atoms with Gasteiger partial charge in [0, 0.05) is 12.1 Å².